The zero-order valence-electron chi connectivity index (χ0n) is 7.63. The summed E-state index contributed by atoms with van der Waals surface area (Å²) in [7, 11) is 0. The zero-order chi connectivity index (χ0) is 10.6. The predicted molar refractivity (Wildman–Crippen MR) is 59.0 cm³/mol. The molecular formula is C10H12BrFN2. The summed E-state index contributed by atoms with van der Waals surface area (Å²) in [6.07, 6.45) is 2.29. The SMILES string of the molecule is C=CCC(NN)c1ccc(Br)cc1F. The summed E-state index contributed by atoms with van der Waals surface area (Å²) >= 11 is 3.19. The second-order valence-electron chi connectivity index (χ2n) is 2.91. The van der Waals surface area contributed by atoms with Crippen molar-refractivity contribution in [3.05, 3.63) is 46.7 Å². The number of hydrogen-bond donors (Lipinski definition) is 2. The summed E-state index contributed by atoms with van der Waals surface area (Å²) in [5.41, 5.74) is 3.10. The molecule has 0 radical (unpaired) electrons. The minimum absolute atomic E-state index is 0.222. The molecule has 0 aromatic heterocycles. The van der Waals surface area contributed by atoms with Gasteiger partial charge in [-0.05, 0) is 18.6 Å². The van der Waals surface area contributed by atoms with Crippen molar-refractivity contribution in [1.82, 2.24) is 5.43 Å². The van der Waals surface area contributed by atoms with Crippen LogP contribution in [0.25, 0.3) is 0 Å². The highest BCUT2D eigenvalue weighted by Gasteiger charge is 2.12. The molecule has 76 valence electrons. The number of benzene rings is 1. The minimum atomic E-state index is -0.274. The Hall–Kier alpha value is -0.710. The summed E-state index contributed by atoms with van der Waals surface area (Å²) in [5.74, 6) is 5.05. The van der Waals surface area contributed by atoms with Gasteiger partial charge in [0.15, 0.2) is 0 Å². The summed E-state index contributed by atoms with van der Waals surface area (Å²) in [4.78, 5) is 0. The molecule has 14 heavy (non-hydrogen) atoms. The monoisotopic (exact) mass is 258 g/mol. The smallest absolute Gasteiger partial charge is 0.129 e. The summed E-state index contributed by atoms with van der Waals surface area (Å²) in [6, 6.07) is 4.68. The van der Waals surface area contributed by atoms with Gasteiger partial charge in [-0.25, -0.2) is 4.39 Å². The van der Waals surface area contributed by atoms with Crippen LogP contribution in [-0.2, 0) is 0 Å². The fourth-order valence-electron chi connectivity index (χ4n) is 1.24. The molecule has 4 heteroatoms. The van der Waals surface area contributed by atoms with Gasteiger partial charge in [-0.3, -0.25) is 11.3 Å². The van der Waals surface area contributed by atoms with Crippen molar-refractivity contribution < 1.29 is 4.39 Å². The molecular weight excluding hydrogens is 247 g/mol. The Morgan fingerprint density at radius 1 is 1.64 bits per heavy atom. The first-order chi connectivity index (χ1) is 6.69. The van der Waals surface area contributed by atoms with Crippen LogP contribution in [0.2, 0.25) is 0 Å². The molecule has 0 fully saturated rings. The molecule has 1 aromatic carbocycles. The van der Waals surface area contributed by atoms with Gasteiger partial charge >= 0.3 is 0 Å². The van der Waals surface area contributed by atoms with E-state index >= 15 is 0 Å². The maximum Gasteiger partial charge on any atom is 0.129 e. The van der Waals surface area contributed by atoms with E-state index in [9.17, 15) is 4.39 Å². The summed E-state index contributed by atoms with van der Waals surface area (Å²) < 4.78 is 14.2. The van der Waals surface area contributed by atoms with Crippen molar-refractivity contribution in [3.8, 4) is 0 Å². The number of nitrogens with one attached hydrogen (secondary N) is 1. The number of halogens is 2. The van der Waals surface area contributed by atoms with E-state index in [0.717, 1.165) is 0 Å². The van der Waals surface area contributed by atoms with Gasteiger partial charge < -0.3 is 0 Å². The van der Waals surface area contributed by atoms with Gasteiger partial charge in [0.25, 0.3) is 0 Å². The van der Waals surface area contributed by atoms with Gasteiger partial charge in [0.1, 0.15) is 5.82 Å². The summed E-state index contributed by atoms with van der Waals surface area (Å²) in [6.45, 7) is 3.59. The molecule has 0 aliphatic carbocycles. The van der Waals surface area contributed by atoms with Crippen molar-refractivity contribution in [2.45, 2.75) is 12.5 Å². The van der Waals surface area contributed by atoms with E-state index in [1.54, 1.807) is 18.2 Å². The lowest BCUT2D eigenvalue weighted by Gasteiger charge is -2.14. The van der Waals surface area contributed by atoms with Crippen molar-refractivity contribution >= 4 is 15.9 Å². The lowest BCUT2D eigenvalue weighted by molar-refractivity contribution is 0.516. The second kappa shape index (κ2) is 5.24. The van der Waals surface area contributed by atoms with Crippen LogP contribution in [0.5, 0.6) is 0 Å². The Kier molecular flexibility index (Phi) is 4.25. The molecule has 1 atom stereocenters. The fourth-order valence-corrected chi connectivity index (χ4v) is 1.57. The van der Waals surface area contributed by atoms with Crippen LogP contribution < -0.4 is 11.3 Å². The largest absolute Gasteiger partial charge is 0.271 e. The highest BCUT2D eigenvalue weighted by atomic mass is 79.9. The minimum Gasteiger partial charge on any atom is -0.271 e. The predicted octanol–water partition coefficient (Wildman–Crippen LogP) is 2.67. The Morgan fingerprint density at radius 2 is 2.36 bits per heavy atom. The zero-order valence-corrected chi connectivity index (χ0v) is 9.22. The van der Waals surface area contributed by atoms with Gasteiger partial charge in [-0.15, -0.1) is 6.58 Å². The van der Waals surface area contributed by atoms with Crippen molar-refractivity contribution in [1.29, 1.82) is 0 Å². The van der Waals surface area contributed by atoms with Crippen LogP contribution in [0.1, 0.15) is 18.0 Å². The Labute approximate surface area is 91.1 Å². The first kappa shape index (κ1) is 11.4. The van der Waals surface area contributed by atoms with Crippen molar-refractivity contribution in [2.24, 2.45) is 5.84 Å². The maximum atomic E-state index is 13.5. The summed E-state index contributed by atoms with van der Waals surface area (Å²) in [5, 5.41) is 0. The molecule has 0 amide bonds. The molecule has 0 aliphatic rings. The van der Waals surface area contributed by atoms with Crippen LogP contribution in [0.4, 0.5) is 4.39 Å². The van der Waals surface area contributed by atoms with Crippen molar-refractivity contribution in [3.63, 3.8) is 0 Å². The van der Waals surface area contributed by atoms with Crippen LogP contribution in [0, 0.1) is 5.82 Å². The van der Waals surface area contributed by atoms with Crippen molar-refractivity contribution in [2.75, 3.05) is 0 Å². The molecule has 2 nitrogen and oxygen atoms in total. The van der Waals surface area contributed by atoms with E-state index in [2.05, 4.69) is 27.9 Å². The first-order valence-corrected chi connectivity index (χ1v) is 5.00. The fraction of sp³-hybridized carbons (Fsp3) is 0.200. The topological polar surface area (TPSA) is 38.0 Å². The van der Waals surface area contributed by atoms with Crippen LogP contribution >= 0.6 is 15.9 Å². The third-order valence-electron chi connectivity index (χ3n) is 1.94. The van der Waals surface area contributed by atoms with Crippen LogP contribution in [0.15, 0.2) is 35.3 Å². The van der Waals surface area contributed by atoms with E-state index in [4.69, 9.17) is 5.84 Å². The maximum absolute atomic E-state index is 13.5. The van der Waals surface area contributed by atoms with E-state index in [1.807, 2.05) is 0 Å². The molecule has 0 heterocycles. The molecule has 0 bridgehead atoms. The third-order valence-corrected chi connectivity index (χ3v) is 2.43. The number of nitrogens with two attached hydrogens (primary N) is 1. The molecule has 1 unspecified atom stereocenters. The lowest BCUT2D eigenvalue weighted by atomic mass is 10.0. The molecule has 0 aliphatic heterocycles. The number of rotatable bonds is 4. The highest BCUT2D eigenvalue weighted by molar-refractivity contribution is 9.10. The Bertz CT molecular complexity index is 328. The molecule has 1 rings (SSSR count). The Morgan fingerprint density at radius 3 is 2.86 bits per heavy atom. The molecule has 0 saturated heterocycles. The third kappa shape index (κ3) is 2.64. The number of hydrogen-bond acceptors (Lipinski definition) is 2. The first-order valence-electron chi connectivity index (χ1n) is 4.21. The molecule has 0 saturated carbocycles. The lowest BCUT2D eigenvalue weighted by Crippen LogP contribution is -2.28. The highest BCUT2D eigenvalue weighted by Crippen LogP contribution is 2.22. The van der Waals surface area contributed by atoms with Gasteiger partial charge in [-0.2, -0.15) is 0 Å². The molecule has 1 aromatic rings. The molecule has 0 spiro atoms. The standard InChI is InChI=1S/C10H12BrFN2/c1-2-3-10(14-13)8-5-4-7(11)6-9(8)12/h2,4-6,10,14H,1,3,13H2. The van der Waals surface area contributed by atoms with Gasteiger partial charge in [0, 0.05) is 10.0 Å². The average Bonchev–Trinajstić information content (AvgIpc) is 2.15. The second-order valence-corrected chi connectivity index (χ2v) is 3.83. The van der Waals surface area contributed by atoms with Gasteiger partial charge in [0.2, 0.25) is 0 Å². The van der Waals surface area contributed by atoms with E-state index in [1.165, 1.54) is 6.07 Å². The van der Waals surface area contributed by atoms with E-state index in [-0.39, 0.29) is 11.9 Å². The van der Waals surface area contributed by atoms with Crippen LogP contribution in [-0.4, -0.2) is 0 Å². The average molecular weight is 259 g/mol. The van der Waals surface area contributed by atoms with Gasteiger partial charge in [-0.1, -0.05) is 28.1 Å². The molecule has 3 N–H and O–H groups in total. The Balaban J connectivity index is 2.97. The normalized spacial score (nSPS) is 12.5. The van der Waals surface area contributed by atoms with E-state index in [0.29, 0.717) is 16.5 Å². The van der Waals surface area contributed by atoms with Crippen LogP contribution in [0.3, 0.4) is 0 Å². The number of hydrazine groups is 1. The van der Waals surface area contributed by atoms with E-state index < -0.39 is 0 Å². The quantitative estimate of drug-likeness (QED) is 0.495. The van der Waals surface area contributed by atoms with Gasteiger partial charge in [0.05, 0.1) is 6.04 Å².